The van der Waals surface area contributed by atoms with E-state index in [2.05, 4.69) is 15.5 Å². The first-order valence-corrected chi connectivity index (χ1v) is 8.81. The highest BCUT2D eigenvalue weighted by molar-refractivity contribution is 5.77. The fraction of sp³-hybridized carbons (Fsp3) is 0.263. The van der Waals surface area contributed by atoms with E-state index in [-0.39, 0.29) is 13.1 Å². The zero-order valence-corrected chi connectivity index (χ0v) is 15.0. The molecule has 0 fully saturated rings. The van der Waals surface area contributed by atoms with Crippen molar-refractivity contribution in [2.24, 2.45) is 0 Å². The third-order valence-electron chi connectivity index (χ3n) is 4.90. The van der Waals surface area contributed by atoms with Crippen molar-refractivity contribution in [3.05, 3.63) is 71.0 Å². The largest absolute Gasteiger partial charge is 0.481 e. The summed E-state index contributed by atoms with van der Waals surface area (Å²) in [5, 5.41) is 21.1. The monoisotopic (exact) mass is 403 g/mol. The molecule has 1 atom stereocenters. The van der Waals surface area contributed by atoms with Crippen molar-refractivity contribution in [3.63, 3.8) is 0 Å². The molecule has 4 rings (SSSR count). The van der Waals surface area contributed by atoms with E-state index >= 15 is 0 Å². The van der Waals surface area contributed by atoms with Crippen molar-refractivity contribution in [2.75, 3.05) is 6.54 Å². The first-order valence-electron chi connectivity index (χ1n) is 8.81. The fourth-order valence-electron chi connectivity index (χ4n) is 3.51. The number of fused-ring (bicyclic) bond motifs is 1. The maximum Gasteiger partial charge on any atom is 0.416 e. The van der Waals surface area contributed by atoms with Gasteiger partial charge in [0.25, 0.3) is 0 Å². The van der Waals surface area contributed by atoms with E-state index in [0.717, 1.165) is 23.3 Å². The number of hydrogen-bond donors (Lipinski definition) is 1. The molecular formula is C19H16F3N5O2. The van der Waals surface area contributed by atoms with Crippen molar-refractivity contribution < 1.29 is 23.1 Å². The summed E-state index contributed by atoms with van der Waals surface area (Å²) in [5.41, 5.74) is 1.34. The predicted molar refractivity (Wildman–Crippen MR) is 95.1 cm³/mol. The van der Waals surface area contributed by atoms with Gasteiger partial charge in [-0.2, -0.15) is 17.9 Å². The Balaban J connectivity index is 1.58. The maximum atomic E-state index is 12.8. The lowest BCUT2D eigenvalue weighted by atomic mass is 9.90. The third-order valence-corrected chi connectivity index (χ3v) is 4.90. The van der Waals surface area contributed by atoms with E-state index in [4.69, 9.17) is 0 Å². The van der Waals surface area contributed by atoms with Crippen LogP contribution in [0.2, 0.25) is 0 Å². The summed E-state index contributed by atoms with van der Waals surface area (Å²) in [5.74, 6) is -1.17. The number of aliphatic carboxylic acids is 1. The van der Waals surface area contributed by atoms with E-state index in [1.54, 1.807) is 0 Å². The van der Waals surface area contributed by atoms with E-state index in [0.29, 0.717) is 18.1 Å². The molecule has 10 heteroatoms. The Hall–Kier alpha value is -3.27. The number of nitrogens with zero attached hydrogens (tertiary/aromatic N) is 5. The Morgan fingerprint density at radius 1 is 1.14 bits per heavy atom. The van der Waals surface area contributed by atoms with Crippen molar-refractivity contribution in [1.82, 2.24) is 25.1 Å². The number of alkyl halides is 3. The molecule has 29 heavy (non-hydrogen) atoms. The molecule has 0 amide bonds. The van der Waals surface area contributed by atoms with Gasteiger partial charge >= 0.3 is 12.1 Å². The van der Waals surface area contributed by atoms with Gasteiger partial charge in [0.15, 0.2) is 5.82 Å². The minimum Gasteiger partial charge on any atom is -0.481 e. The molecule has 1 aliphatic rings. The summed E-state index contributed by atoms with van der Waals surface area (Å²) >= 11 is 0. The van der Waals surface area contributed by atoms with Gasteiger partial charge in [-0.25, -0.2) is 0 Å². The number of tetrazole rings is 1. The molecule has 2 aromatic carbocycles. The summed E-state index contributed by atoms with van der Waals surface area (Å²) < 4.78 is 39.7. The molecule has 2 heterocycles. The number of halogens is 3. The zero-order chi connectivity index (χ0) is 20.6. The van der Waals surface area contributed by atoms with E-state index < -0.39 is 23.6 Å². The van der Waals surface area contributed by atoms with Crippen LogP contribution < -0.4 is 0 Å². The van der Waals surface area contributed by atoms with Crippen LogP contribution in [0.4, 0.5) is 13.2 Å². The number of aromatic nitrogens is 4. The van der Waals surface area contributed by atoms with E-state index in [9.17, 15) is 23.1 Å². The first kappa shape index (κ1) is 19.1. The highest BCUT2D eigenvalue weighted by atomic mass is 19.4. The van der Waals surface area contributed by atoms with Crippen molar-refractivity contribution in [2.45, 2.75) is 25.2 Å². The van der Waals surface area contributed by atoms with Gasteiger partial charge in [-0.15, -0.1) is 5.10 Å². The van der Waals surface area contributed by atoms with Gasteiger partial charge in [0.1, 0.15) is 0 Å². The number of hydrogen-bond acceptors (Lipinski definition) is 5. The Morgan fingerprint density at radius 3 is 2.55 bits per heavy atom. The average molecular weight is 403 g/mol. The second-order valence-electron chi connectivity index (χ2n) is 6.81. The maximum absolute atomic E-state index is 12.8. The molecule has 0 spiro atoms. The van der Waals surface area contributed by atoms with Crippen molar-refractivity contribution in [1.29, 1.82) is 0 Å². The standard InChI is InChI=1S/C19H16F3N5O2/c20-19(21,22)13-5-7-14(8-6-13)27-17(23-24-25-27)11-26-9-12-3-1-2-4-15(12)16(10-26)18(28)29/h1-8,16H,9-11H2,(H,28,29). The average Bonchev–Trinajstić information content (AvgIpc) is 3.14. The van der Waals surface area contributed by atoms with Crippen LogP contribution in [-0.4, -0.2) is 42.7 Å². The van der Waals surface area contributed by atoms with Crippen LogP contribution in [0.3, 0.4) is 0 Å². The molecule has 3 aromatic rings. The second kappa shape index (κ2) is 7.28. The van der Waals surface area contributed by atoms with Gasteiger partial charge in [0.2, 0.25) is 0 Å². The Kier molecular flexibility index (Phi) is 4.79. The third kappa shape index (κ3) is 3.83. The van der Waals surface area contributed by atoms with Gasteiger partial charge in [0.05, 0.1) is 23.7 Å². The normalized spacial score (nSPS) is 17.1. The fourth-order valence-corrected chi connectivity index (χ4v) is 3.51. The molecule has 1 N–H and O–H groups in total. The first-order chi connectivity index (χ1) is 13.8. The van der Waals surface area contributed by atoms with Crippen molar-refractivity contribution >= 4 is 5.97 Å². The Morgan fingerprint density at radius 2 is 1.86 bits per heavy atom. The number of benzene rings is 2. The lowest BCUT2D eigenvalue weighted by molar-refractivity contribution is -0.140. The molecule has 0 saturated heterocycles. The smallest absolute Gasteiger partial charge is 0.416 e. The lowest BCUT2D eigenvalue weighted by Gasteiger charge is -2.32. The molecule has 0 radical (unpaired) electrons. The van der Waals surface area contributed by atoms with Gasteiger partial charge in [0, 0.05) is 13.1 Å². The van der Waals surface area contributed by atoms with Gasteiger partial charge in [-0.05, 0) is 45.8 Å². The minimum atomic E-state index is -4.42. The predicted octanol–water partition coefficient (Wildman–Crippen LogP) is 2.87. The topological polar surface area (TPSA) is 84.1 Å². The van der Waals surface area contributed by atoms with Crippen LogP contribution in [-0.2, 0) is 24.1 Å². The quantitative estimate of drug-likeness (QED) is 0.721. The number of carboxylic acids is 1. The summed E-state index contributed by atoms with van der Waals surface area (Å²) in [6.07, 6.45) is -4.42. The van der Waals surface area contributed by atoms with Crippen LogP contribution >= 0.6 is 0 Å². The van der Waals surface area contributed by atoms with E-state index in [1.807, 2.05) is 29.2 Å². The van der Waals surface area contributed by atoms with Crippen LogP contribution in [0.15, 0.2) is 48.5 Å². The van der Waals surface area contributed by atoms with Crippen LogP contribution in [0.25, 0.3) is 5.69 Å². The molecule has 7 nitrogen and oxygen atoms in total. The van der Waals surface area contributed by atoms with Gasteiger partial charge in [-0.1, -0.05) is 24.3 Å². The molecule has 1 aliphatic heterocycles. The minimum absolute atomic E-state index is 0.256. The Labute approximate surface area is 163 Å². The molecule has 1 aromatic heterocycles. The lowest BCUT2D eigenvalue weighted by Crippen LogP contribution is -2.37. The SMILES string of the molecule is O=C(O)C1CN(Cc2nnnn2-c2ccc(C(F)(F)F)cc2)Cc2ccccc21. The summed E-state index contributed by atoms with van der Waals surface area (Å²) in [4.78, 5) is 13.6. The molecule has 1 unspecified atom stereocenters. The Bertz CT molecular complexity index is 1030. The molecule has 150 valence electrons. The second-order valence-corrected chi connectivity index (χ2v) is 6.81. The number of carbonyl (C=O) groups is 1. The zero-order valence-electron chi connectivity index (χ0n) is 15.0. The number of carboxylic acid groups (broad SMARTS) is 1. The summed E-state index contributed by atoms with van der Waals surface area (Å²) in [6, 6.07) is 11.9. The molecule has 0 bridgehead atoms. The van der Waals surface area contributed by atoms with Crippen LogP contribution in [0.1, 0.15) is 28.4 Å². The van der Waals surface area contributed by atoms with Gasteiger partial charge in [-0.3, -0.25) is 9.69 Å². The van der Waals surface area contributed by atoms with Gasteiger partial charge < -0.3 is 5.11 Å². The molecule has 0 saturated carbocycles. The molecular weight excluding hydrogens is 387 g/mol. The highest BCUT2D eigenvalue weighted by Gasteiger charge is 2.32. The van der Waals surface area contributed by atoms with Crippen LogP contribution in [0.5, 0.6) is 0 Å². The number of rotatable bonds is 4. The summed E-state index contributed by atoms with van der Waals surface area (Å²) in [6.45, 7) is 1.07. The van der Waals surface area contributed by atoms with E-state index in [1.165, 1.54) is 16.8 Å². The van der Waals surface area contributed by atoms with Crippen molar-refractivity contribution in [3.8, 4) is 5.69 Å². The highest BCUT2D eigenvalue weighted by Crippen LogP contribution is 2.31. The molecule has 0 aliphatic carbocycles. The summed E-state index contributed by atoms with van der Waals surface area (Å²) in [7, 11) is 0. The van der Waals surface area contributed by atoms with Crippen LogP contribution in [0, 0.1) is 0 Å².